The molecule has 0 amide bonds. The Morgan fingerprint density at radius 1 is 1.48 bits per heavy atom. The number of esters is 1. The molecule has 0 unspecified atom stereocenters. The first-order valence-electron chi connectivity index (χ1n) is 7.52. The maximum atomic E-state index is 11.5. The second-order valence-corrected chi connectivity index (χ2v) is 6.86. The lowest BCUT2D eigenvalue weighted by atomic mass is 10.1. The molecule has 0 spiro atoms. The van der Waals surface area contributed by atoms with Crippen molar-refractivity contribution in [2.75, 3.05) is 12.4 Å². The van der Waals surface area contributed by atoms with Crippen molar-refractivity contribution in [2.45, 2.75) is 38.9 Å². The Morgan fingerprint density at radius 2 is 2.26 bits per heavy atom. The summed E-state index contributed by atoms with van der Waals surface area (Å²) in [4.78, 5) is 12.8. The fraction of sp³-hybridized carbons (Fsp3) is 0.438. The molecule has 2 heterocycles. The molecular weight excluding hydrogens is 330 g/mol. The third kappa shape index (κ3) is 4.03. The average Bonchev–Trinajstić information content (AvgIpc) is 3.09. The van der Waals surface area contributed by atoms with Gasteiger partial charge in [0.25, 0.3) is 0 Å². The summed E-state index contributed by atoms with van der Waals surface area (Å²) in [6.07, 6.45) is 2.77. The molecule has 5 nitrogen and oxygen atoms in total. The van der Waals surface area contributed by atoms with Gasteiger partial charge in [-0.3, -0.25) is 9.36 Å². The Morgan fingerprint density at radius 3 is 2.91 bits per heavy atom. The first-order chi connectivity index (χ1) is 11.1. The molecule has 0 aliphatic heterocycles. The molecule has 0 fully saturated rings. The molecule has 0 N–H and O–H groups in total. The highest BCUT2D eigenvalue weighted by Crippen LogP contribution is 2.32. The zero-order valence-electron chi connectivity index (χ0n) is 13.7. The predicted molar refractivity (Wildman–Crippen MR) is 95.0 cm³/mol. The number of carbonyl (C=O) groups excluding carboxylic acids is 1. The highest BCUT2D eigenvalue weighted by molar-refractivity contribution is 7.99. The Balaban J connectivity index is 2.30. The summed E-state index contributed by atoms with van der Waals surface area (Å²) in [6, 6.07) is 0. The fourth-order valence-electron chi connectivity index (χ4n) is 2.32. The number of aryl methyl sites for hydroxylation is 1. The normalized spacial score (nSPS) is 10.7. The van der Waals surface area contributed by atoms with Gasteiger partial charge in [0.05, 0.1) is 12.4 Å². The number of carbonyl (C=O) groups is 1. The van der Waals surface area contributed by atoms with Crippen LogP contribution in [0.1, 0.15) is 24.3 Å². The van der Waals surface area contributed by atoms with Gasteiger partial charge in [0.1, 0.15) is 0 Å². The Bertz CT molecular complexity index is 692. The topological polar surface area (TPSA) is 57.0 Å². The highest BCUT2D eigenvalue weighted by atomic mass is 32.2. The lowest BCUT2D eigenvalue weighted by molar-refractivity contribution is -0.139. The van der Waals surface area contributed by atoms with Crippen molar-refractivity contribution in [1.82, 2.24) is 14.8 Å². The van der Waals surface area contributed by atoms with E-state index in [2.05, 4.69) is 36.0 Å². The fourth-order valence-corrected chi connectivity index (χ4v) is 4.01. The monoisotopic (exact) mass is 351 g/mol. The van der Waals surface area contributed by atoms with Gasteiger partial charge in [-0.15, -0.1) is 28.1 Å². The molecule has 124 valence electrons. The van der Waals surface area contributed by atoms with Gasteiger partial charge in [-0.2, -0.15) is 0 Å². The molecule has 2 rings (SSSR count). The summed E-state index contributed by atoms with van der Waals surface area (Å²) < 4.78 is 6.96. The molecule has 0 saturated heterocycles. The zero-order chi connectivity index (χ0) is 16.8. The van der Waals surface area contributed by atoms with Crippen molar-refractivity contribution in [2.24, 2.45) is 0 Å². The number of allylic oxidation sites excluding steroid dienone is 1. The lowest BCUT2D eigenvalue weighted by Crippen LogP contribution is -2.08. The minimum Gasteiger partial charge on any atom is -0.465 e. The third-order valence-electron chi connectivity index (χ3n) is 3.35. The highest BCUT2D eigenvalue weighted by Gasteiger charge is 2.19. The molecule has 0 atom stereocenters. The van der Waals surface area contributed by atoms with Crippen LogP contribution in [0.15, 0.2) is 23.2 Å². The minimum atomic E-state index is -0.243. The van der Waals surface area contributed by atoms with Crippen LogP contribution >= 0.6 is 23.1 Å². The number of thioether (sulfide) groups is 1. The van der Waals surface area contributed by atoms with Gasteiger partial charge in [0.15, 0.2) is 11.0 Å². The van der Waals surface area contributed by atoms with Crippen LogP contribution in [0.25, 0.3) is 11.4 Å². The molecule has 0 aliphatic rings. The van der Waals surface area contributed by atoms with Crippen LogP contribution in [0.5, 0.6) is 0 Å². The largest absolute Gasteiger partial charge is 0.465 e. The first kappa shape index (κ1) is 17.7. The van der Waals surface area contributed by atoms with E-state index in [0.29, 0.717) is 18.3 Å². The number of aromatic nitrogens is 3. The molecule has 23 heavy (non-hydrogen) atoms. The number of nitrogens with zero attached hydrogens (tertiary/aromatic N) is 3. The van der Waals surface area contributed by atoms with E-state index < -0.39 is 0 Å². The molecule has 0 aliphatic carbocycles. The Hall–Kier alpha value is -1.60. The van der Waals surface area contributed by atoms with Gasteiger partial charge in [-0.1, -0.05) is 24.8 Å². The lowest BCUT2D eigenvalue weighted by Gasteiger charge is -2.08. The van der Waals surface area contributed by atoms with Crippen LogP contribution in [0, 0.1) is 6.92 Å². The van der Waals surface area contributed by atoms with Crippen molar-refractivity contribution in [1.29, 1.82) is 0 Å². The Kier molecular flexibility index (Phi) is 6.41. The molecular formula is C16H21N3O2S2. The van der Waals surface area contributed by atoms with Crippen molar-refractivity contribution < 1.29 is 9.53 Å². The number of rotatable bonds is 8. The average molecular weight is 351 g/mol. The first-order valence-corrected chi connectivity index (χ1v) is 9.38. The second-order valence-electron chi connectivity index (χ2n) is 4.84. The van der Waals surface area contributed by atoms with Crippen LogP contribution in [0.2, 0.25) is 0 Å². The third-order valence-corrected chi connectivity index (χ3v) is 5.24. The van der Waals surface area contributed by atoms with Gasteiger partial charge in [-0.05, 0) is 25.8 Å². The minimum absolute atomic E-state index is 0.229. The molecule has 0 saturated carbocycles. The molecule has 7 heteroatoms. The number of thiophene rings is 1. The summed E-state index contributed by atoms with van der Waals surface area (Å²) >= 11 is 3.06. The van der Waals surface area contributed by atoms with Gasteiger partial charge >= 0.3 is 5.97 Å². The maximum absolute atomic E-state index is 11.5. The summed E-state index contributed by atoms with van der Waals surface area (Å²) in [6.45, 7) is 10.9. The maximum Gasteiger partial charge on any atom is 0.316 e. The van der Waals surface area contributed by atoms with E-state index in [1.807, 2.05) is 10.6 Å². The van der Waals surface area contributed by atoms with E-state index >= 15 is 0 Å². The van der Waals surface area contributed by atoms with E-state index in [9.17, 15) is 4.79 Å². The summed E-state index contributed by atoms with van der Waals surface area (Å²) in [7, 11) is 0. The van der Waals surface area contributed by atoms with Crippen LogP contribution in [0.4, 0.5) is 0 Å². The Labute approximate surface area is 144 Å². The second kappa shape index (κ2) is 8.31. The summed E-state index contributed by atoms with van der Waals surface area (Å²) in [5.74, 6) is 0.817. The van der Waals surface area contributed by atoms with Crippen LogP contribution in [-0.4, -0.2) is 33.1 Å². The molecule has 2 aromatic heterocycles. The summed E-state index contributed by atoms with van der Waals surface area (Å²) in [5, 5.41) is 11.4. The quantitative estimate of drug-likeness (QED) is 0.412. The van der Waals surface area contributed by atoms with Gasteiger partial charge in [0.2, 0.25) is 0 Å². The van der Waals surface area contributed by atoms with E-state index in [4.69, 9.17) is 4.74 Å². The van der Waals surface area contributed by atoms with E-state index in [0.717, 1.165) is 17.8 Å². The van der Waals surface area contributed by atoms with Crippen LogP contribution in [-0.2, 0) is 22.5 Å². The van der Waals surface area contributed by atoms with Gasteiger partial charge < -0.3 is 4.74 Å². The predicted octanol–water partition coefficient (Wildman–Crippen LogP) is 3.72. The van der Waals surface area contributed by atoms with Crippen LogP contribution in [0.3, 0.4) is 0 Å². The van der Waals surface area contributed by atoms with E-state index in [1.54, 1.807) is 18.3 Å². The molecule has 0 aromatic carbocycles. The molecule has 0 radical (unpaired) electrons. The standard InChI is InChI=1S/C16H21N3O2S2/c1-5-8-19-15(13-9-22-11(4)12(13)6-2)17-18-16(19)23-10-14(20)21-7-3/h5,9H,1,6-8,10H2,2-4H3. The number of hydrogen-bond donors (Lipinski definition) is 0. The van der Waals surface area contributed by atoms with Crippen molar-refractivity contribution >= 4 is 29.1 Å². The molecule has 2 aromatic rings. The number of ether oxygens (including phenoxy) is 1. The summed E-state index contributed by atoms with van der Waals surface area (Å²) in [5.41, 5.74) is 2.42. The number of hydrogen-bond acceptors (Lipinski definition) is 6. The van der Waals surface area contributed by atoms with Crippen molar-refractivity contribution in [3.63, 3.8) is 0 Å². The SMILES string of the molecule is C=CCn1c(SCC(=O)OCC)nnc1-c1csc(C)c1CC. The zero-order valence-corrected chi connectivity index (χ0v) is 15.3. The van der Waals surface area contributed by atoms with Gasteiger partial charge in [0, 0.05) is 22.4 Å². The molecule has 0 bridgehead atoms. The smallest absolute Gasteiger partial charge is 0.316 e. The van der Waals surface area contributed by atoms with Crippen LogP contribution < -0.4 is 0 Å². The van der Waals surface area contributed by atoms with E-state index in [1.165, 1.54) is 22.2 Å². The van der Waals surface area contributed by atoms with Crippen molar-refractivity contribution in [3.05, 3.63) is 28.5 Å². The van der Waals surface area contributed by atoms with E-state index in [-0.39, 0.29) is 11.7 Å². The van der Waals surface area contributed by atoms with Gasteiger partial charge in [-0.25, -0.2) is 0 Å². The van der Waals surface area contributed by atoms with Crippen molar-refractivity contribution in [3.8, 4) is 11.4 Å².